The lowest BCUT2D eigenvalue weighted by Gasteiger charge is -2.10. The van der Waals surface area contributed by atoms with E-state index in [2.05, 4.69) is 5.32 Å². The molecule has 0 fully saturated rings. The number of hydrogen-bond acceptors (Lipinski definition) is 3. The lowest BCUT2D eigenvalue weighted by Crippen LogP contribution is -2.13. The minimum atomic E-state index is -4.50. The summed E-state index contributed by atoms with van der Waals surface area (Å²) in [5.41, 5.74) is -0.540. The molecule has 2 aromatic rings. The maximum atomic E-state index is 12.6. The molecule has 2 aromatic carbocycles. The van der Waals surface area contributed by atoms with Crippen LogP contribution in [0.5, 0.6) is 5.75 Å². The van der Waals surface area contributed by atoms with Gasteiger partial charge in [0.05, 0.1) is 12.2 Å². The zero-order valence-electron chi connectivity index (χ0n) is 11.9. The van der Waals surface area contributed by atoms with E-state index in [1.165, 1.54) is 12.1 Å². The van der Waals surface area contributed by atoms with Crippen LogP contribution in [0.4, 0.5) is 18.9 Å². The summed E-state index contributed by atoms with van der Waals surface area (Å²) >= 11 is 0. The van der Waals surface area contributed by atoms with Gasteiger partial charge in [0.15, 0.2) is 0 Å². The van der Waals surface area contributed by atoms with Crippen LogP contribution in [0.15, 0.2) is 48.5 Å². The summed E-state index contributed by atoms with van der Waals surface area (Å²) in [5.74, 6) is -0.128. The Morgan fingerprint density at radius 1 is 1.13 bits per heavy atom. The number of halogens is 3. The van der Waals surface area contributed by atoms with Gasteiger partial charge in [0, 0.05) is 11.3 Å². The van der Waals surface area contributed by atoms with Gasteiger partial charge in [-0.1, -0.05) is 6.07 Å². The van der Waals surface area contributed by atoms with Gasteiger partial charge in [-0.05, 0) is 42.5 Å². The Hall–Kier alpha value is -2.54. The topological polar surface area (TPSA) is 58.6 Å². The van der Waals surface area contributed by atoms with Gasteiger partial charge in [-0.25, -0.2) is 0 Å². The molecule has 0 aliphatic heterocycles. The van der Waals surface area contributed by atoms with Gasteiger partial charge in [-0.2, -0.15) is 13.2 Å². The van der Waals surface area contributed by atoms with Crippen LogP contribution in [-0.4, -0.2) is 24.2 Å². The second-order valence-electron chi connectivity index (χ2n) is 4.63. The largest absolute Gasteiger partial charge is 0.491 e. The number of benzene rings is 2. The molecule has 2 N–H and O–H groups in total. The summed E-state index contributed by atoms with van der Waals surface area (Å²) in [7, 11) is 0. The fourth-order valence-electron chi connectivity index (χ4n) is 1.84. The molecule has 0 spiro atoms. The van der Waals surface area contributed by atoms with E-state index in [0.29, 0.717) is 11.4 Å². The number of carbonyl (C=O) groups is 1. The van der Waals surface area contributed by atoms with E-state index in [1.807, 2.05) is 0 Å². The minimum Gasteiger partial charge on any atom is -0.491 e. The number of amides is 1. The Bertz CT molecular complexity index is 669. The average Bonchev–Trinajstić information content (AvgIpc) is 2.53. The van der Waals surface area contributed by atoms with E-state index in [1.54, 1.807) is 24.3 Å². The molecule has 2 rings (SSSR count). The number of ether oxygens (including phenoxy) is 1. The average molecular weight is 325 g/mol. The molecule has 0 radical (unpaired) electrons. The van der Waals surface area contributed by atoms with Crippen LogP contribution in [0.25, 0.3) is 0 Å². The first-order valence-electron chi connectivity index (χ1n) is 6.72. The Kier molecular flexibility index (Phi) is 5.23. The lowest BCUT2D eigenvalue weighted by atomic mass is 10.1. The molecule has 0 saturated heterocycles. The molecule has 122 valence electrons. The van der Waals surface area contributed by atoms with Gasteiger partial charge in [-0.15, -0.1) is 0 Å². The predicted molar refractivity (Wildman–Crippen MR) is 78.4 cm³/mol. The Labute approximate surface area is 130 Å². The number of carbonyl (C=O) groups excluding carboxylic acids is 1. The smallest absolute Gasteiger partial charge is 0.416 e. The Morgan fingerprint density at radius 3 is 2.43 bits per heavy atom. The first kappa shape index (κ1) is 16.8. The van der Waals surface area contributed by atoms with Crippen molar-refractivity contribution in [2.75, 3.05) is 18.5 Å². The predicted octanol–water partition coefficient (Wildman–Crippen LogP) is 3.33. The van der Waals surface area contributed by atoms with Crippen molar-refractivity contribution in [3.8, 4) is 5.75 Å². The molecule has 0 aliphatic rings. The van der Waals surface area contributed by atoms with Crippen molar-refractivity contribution in [2.45, 2.75) is 6.18 Å². The summed E-state index contributed by atoms with van der Waals surface area (Å²) < 4.78 is 43.1. The summed E-state index contributed by atoms with van der Waals surface area (Å²) in [4.78, 5) is 12.0. The van der Waals surface area contributed by atoms with Gasteiger partial charge in [0.1, 0.15) is 12.4 Å². The molecule has 0 unspecified atom stereocenters. The quantitative estimate of drug-likeness (QED) is 0.886. The number of anilines is 1. The fraction of sp³-hybridized carbons (Fsp3) is 0.188. The van der Waals surface area contributed by atoms with E-state index in [0.717, 1.165) is 12.1 Å². The molecule has 1 amide bonds. The van der Waals surface area contributed by atoms with Gasteiger partial charge in [-0.3, -0.25) is 4.79 Å². The first-order chi connectivity index (χ1) is 10.9. The van der Waals surface area contributed by atoms with Gasteiger partial charge in [0.25, 0.3) is 5.91 Å². The molecule has 0 bridgehead atoms. The molecule has 0 aliphatic carbocycles. The third kappa shape index (κ3) is 4.72. The van der Waals surface area contributed by atoms with Crippen LogP contribution in [0, 0.1) is 0 Å². The minimum absolute atomic E-state index is 0.0829. The zero-order chi connectivity index (χ0) is 16.9. The Balaban J connectivity index is 2.07. The van der Waals surface area contributed by atoms with Crippen LogP contribution in [-0.2, 0) is 6.18 Å². The van der Waals surface area contributed by atoms with Crippen molar-refractivity contribution in [1.82, 2.24) is 0 Å². The SMILES string of the molecule is O=C(Nc1ccc(OCCO)cc1)c1cccc(C(F)(F)F)c1. The highest BCUT2D eigenvalue weighted by molar-refractivity contribution is 6.04. The van der Waals surface area contributed by atoms with Crippen LogP contribution in [0.2, 0.25) is 0 Å². The normalized spacial score (nSPS) is 11.1. The van der Waals surface area contributed by atoms with Crippen LogP contribution >= 0.6 is 0 Å². The molecule has 0 atom stereocenters. The highest BCUT2D eigenvalue weighted by atomic mass is 19.4. The van der Waals surface area contributed by atoms with Crippen molar-refractivity contribution in [3.63, 3.8) is 0 Å². The third-order valence-electron chi connectivity index (χ3n) is 2.92. The summed E-state index contributed by atoms with van der Waals surface area (Å²) in [6.07, 6.45) is -4.50. The molecule has 0 heterocycles. The van der Waals surface area contributed by atoms with E-state index < -0.39 is 17.6 Å². The standard InChI is InChI=1S/C16H14F3NO3/c17-16(18,19)12-3-1-2-11(10-12)15(22)20-13-4-6-14(7-5-13)23-9-8-21/h1-7,10,21H,8-9H2,(H,20,22). The fourth-order valence-corrected chi connectivity index (χ4v) is 1.84. The van der Waals surface area contributed by atoms with Gasteiger partial charge < -0.3 is 15.2 Å². The van der Waals surface area contributed by atoms with Crippen LogP contribution in [0.1, 0.15) is 15.9 Å². The maximum Gasteiger partial charge on any atom is 0.416 e. The Morgan fingerprint density at radius 2 is 1.83 bits per heavy atom. The number of hydrogen-bond donors (Lipinski definition) is 2. The second-order valence-corrected chi connectivity index (χ2v) is 4.63. The van der Waals surface area contributed by atoms with Crippen LogP contribution < -0.4 is 10.1 Å². The van der Waals surface area contributed by atoms with E-state index in [4.69, 9.17) is 9.84 Å². The first-order valence-corrected chi connectivity index (χ1v) is 6.72. The molecule has 4 nitrogen and oxygen atoms in total. The number of rotatable bonds is 5. The van der Waals surface area contributed by atoms with Crippen molar-refractivity contribution >= 4 is 11.6 Å². The van der Waals surface area contributed by atoms with Crippen molar-refractivity contribution in [3.05, 3.63) is 59.7 Å². The molecule has 0 saturated carbocycles. The van der Waals surface area contributed by atoms with E-state index in [9.17, 15) is 18.0 Å². The lowest BCUT2D eigenvalue weighted by molar-refractivity contribution is -0.137. The van der Waals surface area contributed by atoms with Crippen LogP contribution in [0.3, 0.4) is 0 Å². The second kappa shape index (κ2) is 7.15. The zero-order valence-corrected chi connectivity index (χ0v) is 11.9. The molecular weight excluding hydrogens is 311 g/mol. The maximum absolute atomic E-state index is 12.6. The molecule has 7 heteroatoms. The highest BCUT2D eigenvalue weighted by Gasteiger charge is 2.30. The number of alkyl halides is 3. The summed E-state index contributed by atoms with van der Waals surface area (Å²) in [6, 6.07) is 10.5. The highest BCUT2D eigenvalue weighted by Crippen LogP contribution is 2.29. The monoisotopic (exact) mass is 325 g/mol. The number of aliphatic hydroxyl groups is 1. The number of nitrogens with one attached hydrogen (secondary N) is 1. The number of aliphatic hydroxyl groups excluding tert-OH is 1. The van der Waals surface area contributed by atoms with Crippen molar-refractivity contribution in [2.24, 2.45) is 0 Å². The molecule has 0 aromatic heterocycles. The molecule has 23 heavy (non-hydrogen) atoms. The van der Waals surface area contributed by atoms with Crippen molar-refractivity contribution in [1.29, 1.82) is 0 Å². The van der Waals surface area contributed by atoms with Gasteiger partial charge >= 0.3 is 6.18 Å². The molecular formula is C16H14F3NO3. The van der Waals surface area contributed by atoms with Crippen molar-refractivity contribution < 1.29 is 27.8 Å². The van der Waals surface area contributed by atoms with E-state index >= 15 is 0 Å². The summed E-state index contributed by atoms with van der Waals surface area (Å²) in [5, 5.41) is 11.2. The van der Waals surface area contributed by atoms with Gasteiger partial charge in [0.2, 0.25) is 0 Å². The summed E-state index contributed by atoms with van der Waals surface area (Å²) in [6.45, 7) is 0.0317. The van der Waals surface area contributed by atoms with E-state index in [-0.39, 0.29) is 18.8 Å². The third-order valence-corrected chi connectivity index (χ3v) is 2.92.